The summed E-state index contributed by atoms with van der Waals surface area (Å²) in [7, 11) is 0. The summed E-state index contributed by atoms with van der Waals surface area (Å²) < 4.78 is 0. The smallest absolute Gasteiger partial charge is 0.252 e. The lowest BCUT2D eigenvalue weighted by molar-refractivity contribution is -0.121. The highest BCUT2D eigenvalue weighted by atomic mass is 16.2. The second-order valence-corrected chi connectivity index (χ2v) is 4.82. The number of nitrogens with two attached hydrogens (primary N) is 1. The molecule has 1 aromatic heterocycles. The van der Waals surface area contributed by atoms with Crippen molar-refractivity contribution in [3.05, 3.63) is 29.6 Å². The number of hydrogen-bond donors (Lipinski definition) is 3. The van der Waals surface area contributed by atoms with Gasteiger partial charge in [0.25, 0.3) is 5.91 Å². The molecule has 2 rings (SSSR count). The maximum atomic E-state index is 11.9. The molecule has 1 fully saturated rings. The van der Waals surface area contributed by atoms with Crippen LogP contribution in [-0.2, 0) is 4.79 Å². The van der Waals surface area contributed by atoms with Gasteiger partial charge < -0.3 is 16.4 Å². The van der Waals surface area contributed by atoms with Crippen LogP contribution < -0.4 is 16.4 Å². The highest BCUT2D eigenvalue weighted by Crippen LogP contribution is 2.18. The van der Waals surface area contributed by atoms with Crippen molar-refractivity contribution in [1.29, 1.82) is 0 Å². The number of carbonyl (C=O) groups excluding carboxylic acids is 2. The van der Waals surface area contributed by atoms with Gasteiger partial charge in [-0.1, -0.05) is 11.8 Å². The Morgan fingerprint density at radius 2 is 2.19 bits per heavy atom. The van der Waals surface area contributed by atoms with Gasteiger partial charge in [-0.15, -0.1) is 0 Å². The molecule has 0 saturated heterocycles. The van der Waals surface area contributed by atoms with E-state index in [1.807, 2.05) is 0 Å². The van der Waals surface area contributed by atoms with Crippen molar-refractivity contribution >= 4 is 11.8 Å². The zero-order chi connectivity index (χ0) is 15.1. The average molecular weight is 286 g/mol. The van der Waals surface area contributed by atoms with E-state index in [2.05, 4.69) is 27.5 Å². The molecule has 4 N–H and O–H groups in total. The van der Waals surface area contributed by atoms with Crippen LogP contribution in [0.4, 0.5) is 0 Å². The predicted octanol–water partition coefficient (Wildman–Crippen LogP) is -0.210. The fraction of sp³-hybridized carbons (Fsp3) is 0.400. The number of amides is 2. The van der Waals surface area contributed by atoms with Crippen LogP contribution in [0.15, 0.2) is 18.5 Å². The first kappa shape index (κ1) is 15.0. The molecule has 21 heavy (non-hydrogen) atoms. The second kappa shape index (κ2) is 7.41. The molecule has 1 aliphatic carbocycles. The normalized spacial score (nSPS) is 13.0. The largest absolute Gasteiger partial charge is 0.353 e. The number of pyridine rings is 1. The summed E-state index contributed by atoms with van der Waals surface area (Å²) in [6.45, 7) is 0.558. The third kappa shape index (κ3) is 5.24. The van der Waals surface area contributed by atoms with Gasteiger partial charge in [-0.05, 0) is 18.9 Å². The van der Waals surface area contributed by atoms with Crippen molar-refractivity contribution in [2.75, 3.05) is 13.1 Å². The van der Waals surface area contributed by atoms with Gasteiger partial charge in [-0.2, -0.15) is 0 Å². The molecule has 1 aliphatic rings. The first-order valence-corrected chi connectivity index (χ1v) is 6.90. The van der Waals surface area contributed by atoms with E-state index in [1.165, 1.54) is 6.20 Å². The Bertz CT molecular complexity index is 585. The van der Waals surface area contributed by atoms with Gasteiger partial charge in [0.05, 0.1) is 12.1 Å². The third-order valence-corrected chi connectivity index (χ3v) is 2.92. The molecule has 6 heteroatoms. The number of carbonyl (C=O) groups is 2. The van der Waals surface area contributed by atoms with E-state index >= 15 is 0 Å². The Kier molecular flexibility index (Phi) is 5.29. The van der Waals surface area contributed by atoms with E-state index in [1.54, 1.807) is 12.3 Å². The van der Waals surface area contributed by atoms with Crippen LogP contribution in [-0.4, -0.2) is 35.9 Å². The minimum absolute atomic E-state index is 0.0292. The number of hydrogen-bond acceptors (Lipinski definition) is 4. The predicted molar refractivity (Wildman–Crippen MR) is 78.3 cm³/mol. The van der Waals surface area contributed by atoms with Crippen molar-refractivity contribution in [3.63, 3.8) is 0 Å². The number of aromatic nitrogens is 1. The standard InChI is InChI=1S/C15H18N4O2/c16-6-1-2-11-8-12(10-17-9-11)15(21)18-7-5-14(20)19-13-3-4-13/h8-10,13H,3-7,16H2,(H,18,21)(H,19,20). The first-order chi connectivity index (χ1) is 10.2. The zero-order valence-corrected chi connectivity index (χ0v) is 11.7. The van der Waals surface area contributed by atoms with Crippen molar-refractivity contribution in [1.82, 2.24) is 15.6 Å². The topological polar surface area (TPSA) is 97.1 Å². The van der Waals surface area contributed by atoms with Gasteiger partial charge in [0.2, 0.25) is 5.91 Å². The Balaban J connectivity index is 1.80. The van der Waals surface area contributed by atoms with Gasteiger partial charge in [-0.3, -0.25) is 14.6 Å². The van der Waals surface area contributed by atoms with E-state index in [4.69, 9.17) is 5.73 Å². The van der Waals surface area contributed by atoms with Crippen molar-refractivity contribution in [2.45, 2.75) is 25.3 Å². The molecule has 0 atom stereocenters. The van der Waals surface area contributed by atoms with Gasteiger partial charge >= 0.3 is 0 Å². The molecule has 0 bridgehead atoms. The Labute approximate surface area is 123 Å². The number of rotatable bonds is 5. The molecule has 1 heterocycles. The fourth-order valence-electron chi connectivity index (χ4n) is 1.70. The molecule has 110 valence electrons. The van der Waals surface area contributed by atoms with Gasteiger partial charge in [-0.25, -0.2) is 0 Å². The SMILES string of the molecule is NCC#Cc1cncc(C(=O)NCCC(=O)NC2CC2)c1. The van der Waals surface area contributed by atoms with E-state index in [0.29, 0.717) is 23.7 Å². The average Bonchev–Trinajstić information content (AvgIpc) is 3.29. The van der Waals surface area contributed by atoms with Crippen LogP contribution in [0.2, 0.25) is 0 Å². The molecule has 6 nitrogen and oxygen atoms in total. The van der Waals surface area contributed by atoms with E-state index in [-0.39, 0.29) is 24.8 Å². The lowest BCUT2D eigenvalue weighted by Crippen LogP contribution is -2.31. The Hall–Kier alpha value is -2.39. The van der Waals surface area contributed by atoms with Crippen LogP contribution in [0.5, 0.6) is 0 Å². The zero-order valence-electron chi connectivity index (χ0n) is 11.7. The van der Waals surface area contributed by atoms with E-state index < -0.39 is 0 Å². The molecule has 0 radical (unpaired) electrons. The quantitative estimate of drug-likeness (QED) is 0.652. The summed E-state index contributed by atoms with van der Waals surface area (Å²) in [5, 5.41) is 5.56. The Morgan fingerprint density at radius 3 is 2.90 bits per heavy atom. The number of nitrogens with one attached hydrogen (secondary N) is 2. The first-order valence-electron chi connectivity index (χ1n) is 6.90. The monoisotopic (exact) mass is 286 g/mol. The molecule has 1 aromatic rings. The van der Waals surface area contributed by atoms with Gasteiger partial charge in [0.15, 0.2) is 0 Å². The van der Waals surface area contributed by atoms with Crippen LogP contribution in [0.25, 0.3) is 0 Å². The summed E-state index contributed by atoms with van der Waals surface area (Å²) in [5.41, 5.74) is 6.35. The molecule has 2 amide bonds. The fourth-order valence-corrected chi connectivity index (χ4v) is 1.70. The lowest BCUT2D eigenvalue weighted by Gasteiger charge is -2.06. The molecule has 0 aromatic carbocycles. The molecule has 1 saturated carbocycles. The summed E-state index contributed by atoms with van der Waals surface area (Å²) in [5.74, 6) is 5.23. The highest BCUT2D eigenvalue weighted by molar-refractivity contribution is 5.94. The summed E-state index contributed by atoms with van der Waals surface area (Å²) in [6, 6.07) is 1.99. The maximum absolute atomic E-state index is 11.9. The molecular weight excluding hydrogens is 268 g/mol. The minimum atomic E-state index is -0.266. The van der Waals surface area contributed by atoms with Crippen molar-refractivity contribution < 1.29 is 9.59 Å². The van der Waals surface area contributed by atoms with Crippen molar-refractivity contribution in [3.8, 4) is 11.8 Å². The van der Waals surface area contributed by atoms with Crippen LogP contribution in [0.3, 0.4) is 0 Å². The summed E-state index contributed by atoms with van der Waals surface area (Å²) in [6.07, 6.45) is 5.43. The number of nitrogens with zero attached hydrogens (tertiary/aromatic N) is 1. The van der Waals surface area contributed by atoms with E-state index in [9.17, 15) is 9.59 Å². The van der Waals surface area contributed by atoms with Crippen LogP contribution in [0.1, 0.15) is 35.2 Å². The maximum Gasteiger partial charge on any atom is 0.252 e. The van der Waals surface area contributed by atoms with Gasteiger partial charge in [0, 0.05) is 37.0 Å². The third-order valence-electron chi connectivity index (χ3n) is 2.92. The van der Waals surface area contributed by atoms with Crippen molar-refractivity contribution in [2.24, 2.45) is 5.73 Å². The van der Waals surface area contributed by atoms with Crippen LogP contribution in [0, 0.1) is 11.8 Å². The van der Waals surface area contributed by atoms with Crippen LogP contribution >= 0.6 is 0 Å². The second-order valence-electron chi connectivity index (χ2n) is 4.82. The lowest BCUT2D eigenvalue weighted by atomic mass is 10.2. The van der Waals surface area contributed by atoms with Gasteiger partial charge in [0.1, 0.15) is 0 Å². The Morgan fingerprint density at radius 1 is 1.38 bits per heavy atom. The molecular formula is C15H18N4O2. The van der Waals surface area contributed by atoms with E-state index in [0.717, 1.165) is 12.8 Å². The molecule has 0 spiro atoms. The minimum Gasteiger partial charge on any atom is -0.353 e. The molecule has 0 unspecified atom stereocenters. The highest BCUT2D eigenvalue weighted by Gasteiger charge is 2.22. The summed E-state index contributed by atoms with van der Waals surface area (Å²) in [4.78, 5) is 27.4. The molecule has 0 aliphatic heterocycles. The summed E-state index contributed by atoms with van der Waals surface area (Å²) >= 11 is 0.